The van der Waals surface area contributed by atoms with E-state index in [-0.39, 0.29) is 6.01 Å². The normalized spacial score (nSPS) is 10.2. The third-order valence-corrected chi connectivity index (χ3v) is 2.64. The standard InChI is InChI=1S/C14H19N5O/c1-4-9-15-12-17-13(19-14(18-12)20-3)16-11-7-5-10(2)6-8-11/h5-8H,4,9H2,1-3H3,(H2,15,16,17,18,19). The summed E-state index contributed by atoms with van der Waals surface area (Å²) in [6, 6.07) is 8.29. The van der Waals surface area contributed by atoms with Gasteiger partial charge < -0.3 is 15.4 Å². The highest BCUT2D eigenvalue weighted by Crippen LogP contribution is 2.16. The Bertz CT molecular complexity index is 556. The monoisotopic (exact) mass is 273 g/mol. The van der Waals surface area contributed by atoms with Crippen LogP contribution in [0.15, 0.2) is 24.3 Å². The molecule has 1 aromatic heterocycles. The molecule has 0 aliphatic carbocycles. The number of aromatic nitrogens is 3. The fourth-order valence-electron chi connectivity index (χ4n) is 1.59. The summed E-state index contributed by atoms with van der Waals surface area (Å²) in [6.07, 6.45) is 0.995. The number of anilines is 3. The van der Waals surface area contributed by atoms with Crippen LogP contribution in [0.25, 0.3) is 0 Å². The van der Waals surface area contributed by atoms with Crippen LogP contribution in [0.4, 0.5) is 17.6 Å². The largest absolute Gasteiger partial charge is 0.467 e. The van der Waals surface area contributed by atoms with Gasteiger partial charge in [0.1, 0.15) is 0 Å². The number of methoxy groups -OCH3 is 1. The molecule has 2 N–H and O–H groups in total. The molecule has 0 aliphatic rings. The molecule has 0 bridgehead atoms. The fraction of sp³-hybridized carbons (Fsp3) is 0.357. The van der Waals surface area contributed by atoms with Crippen molar-refractivity contribution in [1.29, 1.82) is 0 Å². The van der Waals surface area contributed by atoms with Gasteiger partial charge in [-0.3, -0.25) is 0 Å². The van der Waals surface area contributed by atoms with E-state index in [2.05, 4.69) is 32.5 Å². The van der Waals surface area contributed by atoms with Crippen LogP contribution < -0.4 is 15.4 Å². The predicted molar refractivity (Wildman–Crippen MR) is 79.6 cm³/mol. The lowest BCUT2D eigenvalue weighted by Gasteiger charge is -2.09. The lowest BCUT2D eigenvalue weighted by Crippen LogP contribution is -2.08. The molecule has 0 saturated carbocycles. The van der Waals surface area contributed by atoms with Crippen molar-refractivity contribution in [2.75, 3.05) is 24.3 Å². The first-order valence-corrected chi connectivity index (χ1v) is 6.59. The molecule has 0 radical (unpaired) electrons. The van der Waals surface area contributed by atoms with E-state index in [9.17, 15) is 0 Å². The molecule has 0 fully saturated rings. The topological polar surface area (TPSA) is 72.0 Å². The maximum atomic E-state index is 5.09. The van der Waals surface area contributed by atoms with E-state index in [1.54, 1.807) is 0 Å². The Balaban J connectivity index is 2.19. The maximum absolute atomic E-state index is 5.09. The minimum absolute atomic E-state index is 0.285. The zero-order valence-corrected chi connectivity index (χ0v) is 12.0. The average Bonchev–Trinajstić information content (AvgIpc) is 2.47. The van der Waals surface area contributed by atoms with Gasteiger partial charge in [0.25, 0.3) is 0 Å². The van der Waals surface area contributed by atoms with Crippen molar-refractivity contribution in [3.05, 3.63) is 29.8 Å². The summed E-state index contributed by atoms with van der Waals surface area (Å²) in [5, 5.41) is 6.26. The van der Waals surface area contributed by atoms with Crippen LogP contribution in [0.3, 0.4) is 0 Å². The molecule has 0 spiro atoms. The van der Waals surface area contributed by atoms with Crippen molar-refractivity contribution in [3.8, 4) is 6.01 Å². The van der Waals surface area contributed by atoms with Crippen molar-refractivity contribution in [2.45, 2.75) is 20.3 Å². The minimum Gasteiger partial charge on any atom is -0.467 e. The van der Waals surface area contributed by atoms with Crippen molar-refractivity contribution >= 4 is 17.6 Å². The molecule has 0 aliphatic heterocycles. The van der Waals surface area contributed by atoms with Gasteiger partial charge in [-0.2, -0.15) is 15.0 Å². The number of ether oxygens (including phenoxy) is 1. The Morgan fingerprint density at radius 2 is 1.75 bits per heavy atom. The van der Waals surface area contributed by atoms with Crippen LogP contribution in [0.5, 0.6) is 6.01 Å². The summed E-state index contributed by atoms with van der Waals surface area (Å²) in [7, 11) is 1.54. The van der Waals surface area contributed by atoms with Gasteiger partial charge in [0.2, 0.25) is 11.9 Å². The zero-order valence-electron chi connectivity index (χ0n) is 12.0. The number of benzene rings is 1. The second-order valence-corrected chi connectivity index (χ2v) is 4.39. The van der Waals surface area contributed by atoms with Crippen molar-refractivity contribution in [2.24, 2.45) is 0 Å². The number of hydrogen-bond donors (Lipinski definition) is 2. The maximum Gasteiger partial charge on any atom is 0.322 e. The molecule has 1 heterocycles. The Morgan fingerprint density at radius 1 is 1.05 bits per heavy atom. The molecule has 2 rings (SSSR count). The number of nitrogens with zero attached hydrogens (tertiary/aromatic N) is 3. The smallest absolute Gasteiger partial charge is 0.322 e. The van der Waals surface area contributed by atoms with Gasteiger partial charge in [-0.25, -0.2) is 0 Å². The van der Waals surface area contributed by atoms with Crippen molar-refractivity contribution in [3.63, 3.8) is 0 Å². The van der Waals surface area contributed by atoms with Gasteiger partial charge in [0.05, 0.1) is 7.11 Å². The third kappa shape index (κ3) is 3.81. The van der Waals surface area contributed by atoms with E-state index >= 15 is 0 Å². The van der Waals surface area contributed by atoms with E-state index in [1.165, 1.54) is 12.7 Å². The Morgan fingerprint density at radius 3 is 2.40 bits per heavy atom. The molecular formula is C14H19N5O. The van der Waals surface area contributed by atoms with Crippen molar-refractivity contribution in [1.82, 2.24) is 15.0 Å². The number of hydrogen-bond acceptors (Lipinski definition) is 6. The summed E-state index contributed by atoms with van der Waals surface area (Å²) in [6.45, 7) is 4.93. The molecule has 0 amide bonds. The van der Waals surface area contributed by atoms with Crippen molar-refractivity contribution < 1.29 is 4.74 Å². The first-order valence-electron chi connectivity index (χ1n) is 6.59. The summed E-state index contributed by atoms with van der Waals surface area (Å²) in [4.78, 5) is 12.6. The van der Waals surface area contributed by atoms with Gasteiger partial charge in [0.15, 0.2) is 0 Å². The van der Waals surface area contributed by atoms with Crippen LogP contribution in [0.1, 0.15) is 18.9 Å². The van der Waals surface area contributed by atoms with Crippen LogP contribution in [0, 0.1) is 6.92 Å². The van der Waals surface area contributed by atoms with E-state index in [1.807, 2.05) is 31.2 Å². The molecule has 1 aromatic carbocycles. The molecule has 2 aromatic rings. The quantitative estimate of drug-likeness (QED) is 0.843. The summed E-state index contributed by atoms with van der Waals surface area (Å²) < 4.78 is 5.09. The predicted octanol–water partition coefficient (Wildman–Crippen LogP) is 2.75. The van der Waals surface area contributed by atoms with E-state index < -0.39 is 0 Å². The van der Waals surface area contributed by atoms with E-state index in [0.717, 1.165) is 18.7 Å². The molecule has 106 valence electrons. The molecular weight excluding hydrogens is 254 g/mol. The van der Waals surface area contributed by atoms with Crippen LogP contribution in [-0.2, 0) is 0 Å². The van der Waals surface area contributed by atoms with Crippen LogP contribution in [0.2, 0.25) is 0 Å². The molecule has 0 unspecified atom stereocenters. The lowest BCUT2D eigenvalue weighted by molar-refractivity contribution is 0.379. The molecule has 0 saturated heterocycles. The number of nitrogens with one attached hydrogen (secondary N) is 2. The summed E-state index contributed by atoms with van der Waals surface area (Å²) >= 11 is 0. The SMILES string of the molecule is CCCNc1nc(Nc2ccc(C)cc2)nc(OC)n1. The molecule has 20 heavy (non-hydrogen) atoms. The van der Waals surface area contributed by atoms with Crippen LogP contribution in [-0.4, -0.2) is 28.6 Å². The molecule has 6 heteroatoms. The van der Waals surface area contributed by atoms with E-state index in [4.69, 9.17) is 4.74 Å². The number of rotatable bonds is 6. The highest BCUT2D eigenvalue weighted by atomic mass is 16.5. The minimum atomic E-state index is 0.285. The highest BCUT2D eigenvalue weighted by Gasteiger charge is 2.06. The summed E-state index contributed by atoms with van der Waals surface area (Å²) in [5.41, 5.74) is 2.12. The first-order chi connectivity index (χ1) is 9.71. The first kappa shape index (κ1) is 14.0. The third-order valence-electron chi connectivity index (χ3n) is 2.64. The van der Waals surface area contributed by atoms with Gasteiger partial charge in [0, 0.05) is 12.2 Å². The highest BCUT2D eigenvalue weighted by molar-refractivity contribution is 5.54. The van der Waals surface area contributed by atoms with E-state index in [0.29, 0.717) is 11.9 Å². The van der Waals surface area contributed by atoms with Gasteiger partial charge in [-0.05, 0) is 25.5 Å². The molecule has 6 nitrogen and oxygen atoms in total. The summed E-state index contributed by atoms with van der Waals surface area (Å²) in [5.74, 6) is 0.965. The Labute approximate surface area is 118 Å². The second kappa shape index (κ2) is 6.70. The van der Waals surface area contributed by atoms with Gasteiger partial charge in [-0.15, -0.1) is 0 Å². The zero-order chi connectivity index (χ0) is 14.4. The second-order valence-electron chi connectivity index (χ2n) is 4.39. The molecule has 0 atom stereocenters. The Kier molecular flexibility index (Phi) is 4.70. The van der Waals surface area contributed by atoms with Gasteiger partial charge in [-0.1, -0.05) is 24.6 Å². The van der Waals surface area contributed by atoms with Gasteiger partial charge >= 0.3 is 6.01 Å². The number of aryl methyl sites for hydroxylation is 1. The average molecular weight is 273 g/mol. The Hall–Kier alpha value is -2.37. The van der Waals surface area contributed by atoms with Crippen LogP contribution >= 0.6 is 0 Å². The lowest BCUT2D eigenvalue weighted by atomic mass is 10.2. The fourth-order valence-corrected chi connectivity index (χ4v) is 1.59.